The zero-order valence-corrected chi connectivity index (χ0v) is 13.3. The molecule has 0 amide bonds. The minimum atomic E-state index is -0.262. The van der Waals surface area contributed by atoms with Crippen LogP contribution in [-0.4, -0.2) is 16.5 Å². The number of hydrogen-bond donors (Lipinski definition) is 1. The Kier molecular flexibility index (Phi) is 4.26. The second-order valence-electron chi connectivity index (χ2n) is 6.13. The molecule has 112 valence electrons. The molecule has 2 rings (SSSR count). The van der Waals surface area contributed by atoms with Crippen LogP contribution >= 0.6 is 0 Å². The molecule has 21 heavy (non-hydrogen) atoms. The van der Waals surface area contributed by atoms with Crippen LogP contribution in [-0.2, 0) is 5.41 Å². The first-order valence-electron chi connectivity index (χ1n) is 7.22. The summed E-state index contributed by atoms with van der Waals surface area (Å²) in [5.74, 6) is 1.22. The zero-order valence-electron chi connectivity index (χ0n) is 13.3. The molecule has 0 saturated carbocycles. The third-order valence-electron chi connectivity index (χ3n) is 3.29. The van der Waals surface area contributed by atoms with Gasteiger partial charge < -0.3 is 5.32 Å². The highest BCUT2D eigenvalue weighted by molar-refractivity contribution is 5.68. The Hall–Kier alpha value is -1.97. The summed E-state index contributed by atoms with van der Waals surface area (Å²) < 4.78 is 14.1. The van der Waals surface area contributed by atoms with Crippen molar-refractivity contribution in [3.8, 4) is 11.3 Å². The summed E-state index contributed by atoms with van der Waals surface area (Å²) >= 11 is 0. The summed E-state index contributed by atoms with van der Waals surface area (Å²) in [6.45, 7) is 10.9. The summed E-state index contributed by atoms with van der Waals surface area (Å²) in [4.78, 5) is 9.23. The molecule has 3 nitrogen and oxygen atoms in total. The number of rotatable bonds is 3. The van der Waals surface area contributed by atoms with Gasteiger partial charge in [0.15, 0.2) is 0 Å². The summed E-state index contributed by atoms with van der Waals surface area (Å²) in [6, 6.07) is 6.72. The van der Waals surface area contributed by atoms with E-state index in [1.807, 2.05) is 19.9 Å². The van der Waals surface area contributed by atoms with Crippen molar-refractivity contribution in [2.75, 3.05) is 11.9 Å². The lowest BCUT2D eigenvalue weighted by molar-refractivity contribution is 0.545. The third kappa shape index (κ3) is 3.20. The molecule has 1 heterocycles. The molecule has 0 unspecified atom stereocenters. The smallest absolute Gasteiger partial charge is 0.136 e. The van der Waals surface area contributed by atoms with Crippen molar-refractivity contribution in [1.29, 1.82) is 0 Å². The van der Waals surface area contributed by atoms with Crippen LogP contribution in [0.25, 0.3) is 11.3 Å². The van der Waals surface area contributed by atoms with E-state index in [-0.39, 0.29) is 11.2 Å². The van der Waals surface area contributed by atoms with Crippen molar-refractivity contribution in [3.05, 3.63) is 41.5 Å². The van der Waals surface area contributed by atoms with Gasteiger partial charge >= 0.3 is 0 Å². The molecule has 0 bridgehead atoms. The van der Waals surface area contributed by atoms with Crippen molar-refractivity contribution in [1.82, 2.24) is 9.97 Å². The van der Waals surface area contributed by atoms with Gasteiger partial charge in [-0.3, -0.25) is 0 Å². The summed E-state index contributed by atoms with van der Waals surface area (Å²) in [5.41, 5.74) is 1.85. The standard InChI is InChI=1S/C17H22FN3/c1-6-19-15-11(2)14(12-9-7-8-10-13(12)18)20-16(21-15)17(3,4)5/h7-10H,6H2,1-5H3,(H,19,20,21). The van der Waals surface area contributed by atoms with Gasteiger partial charge in [0.25, 0.3) is 0 Å². The molecule has 0 saturated heterocycles. The molecule has 0 aliphatic carbocycles. The van der Waals surface area contributed by atoms with Gasteiger partial charge in [-0.1, -0.05) is 32.9 Å². The van der Waals surface area contributed by atoms with E-state index in [0.717, 1.165) is 17.9 Å². The Bertz CT molecular complexity index is 645. The lowest BCUT2D eigenvalue weighted by Crippen LogP contribution is -2.19. The van der Waals surface area contributed by atoms with E-state index in [0.29, 0.717) is 17.1 Å². The van der Waals surface area contributed by atoms with Crippen LogP contribution in [0.3, 0.4) is 0 Å². The molecule has 0 aliphatic rings. The van der Waals surface area contributed by atoms with Gasteiger partial charge in [0.05, 0.1) is 5.69 Å². The number of halogens is 1. The second-order valence-corrected chi connectivity index (χ2v) is 6.13. The van der Waals surface area contributed by atoms with E-state index in [4.69, 9.17) is 0 Å². The number of nitrogens with one attached hydrogen (secondary N) is 1. The highest BCUT2D eigenvalue weighted by atomic mass is 19.1. The van der Waals surface area contributed by atoms with Crippen LogP contribution in [0.15, 0.2) is 24.3 Å². The van der Waals surface area contributed by atoms with Gasteiger partial charge in [0.2, 0.25) is 0 Å². The Morgan fingerprint density at radius 1 is 1.14 bits per heavy atom. The zero-order chi connectivity index (χ0) is 15.6. The minimum Gasteiger partial charge on any atom is -0.370 e. The maximum atomic E-state index is 14.1. The van der Waals surface area contributed by atoms with Crippen LogP contribution in [0, 0.1) is 12.7 Å². The minimum absolute atomic E-state index is 0.197. The lowest BCUT2D eigenvalue weighted by atomic mass is 9.94. The topological polar surface area (TPSA) is 37.8 Å². The fourth-order valence-electron chi connectivity index (χ4n) is 2.11. The fourth-order valence-corrected chi connectivity index (χ4v) is 2.11. The van der Waals surface area contributed by atoms with Crippen LogP contribution in [0.5, 0.6) is 0 Å². The first kappa shape index (κ1) is 15.4. The first-order valence-corrected chi connectivity index (χ1v) is 7.22. The summed E-state index contributed by atoms with van der Waals surface area (Å²) in [7, 11) is 0. The predicted molar refractivity (Wildman–Crippen MR) is 85.0 cm³/mol. The number of benzene rings is 1. The quantitative estimate of drug-likeness (QED) is 0.913. The number of nitrogens with zero attached hydrogens (tertiary/aromatic N) is 2. The highest BCUT2D eigenvalue weighted by Crippen LogP contribution is 2.30. The molecule has 2 aromatic rings. The Labute approximate surface area is 125 Å². The van der Waals surface area contributed by atoms with E-state index in [2.05, 4.69) is 36.1 Å². The maximum absolute atomic E-state index is 14.1. The second kappa shape index (κ2) is 5.80. The van der Waals surface area contributed by atoms with Crippen LogP contribution < -0.4 is 5.32 Å². The maximum Gasteiger partial charge on any atom is 0.136 e. The number of hydrogen-bond acceptors (Lipinski definition) is 3. The molecular weight excluding hydrogens is 265 g/mol. The fraction of sp³-hybridized carbons (Fsp3) is 0.412. The van der Waals surface area contributed by atoms with Crippen molar-refractivity contribution >= 4 is 5.82 Å². The third-order valence-corrected chi connectivity index (χ3v) is 3.29. The van der Waals surface area contributed by atoms with E-state index in [9.17, 15) is 4.39 Å². The van der Waals surface area contributed by atoms with Crippen LogP contribution in [0.4, 0.5) is 10.2 Å². The van der Waals surface area contributed by atoms with E-state index in [1.54, 1.807) is 12.1 Å². The van der Waals surface area contributed by atoms with Crippen LogP contribution in [0.2, 0.25) is 0 Å². The predicted octanol–water partition coefficient (Wildman–Crippen LogP) is 4.32. The highest BCUT2D eigenvalue weighted by Gasteiger charge is 2.22. The Morgan fingerprint density at radius 3 is 2.38 bits per heavy atom. The average Bonchev–Trinajstić information content (AvgIpc) is 2.41. The molecular formula is C17H22FN3. The monoisotopic (exact) mass is 287 g/mol. The molecule has 4 heteroatoms. The molecule has 0 atom stereocenters. The van der Waals surface area contributed by atoms with Gasteiger partial charge in [0.1, 0.15) is 17.5 Å². The lowest BCUT2D eigenvalue weighted by Gasteiger charge is -2.21. The molecule has 1 N–H and O–H groups in total. The van der Waals surface area contributed by atoms with Crippen molar-refractivity contribution < 1.29 is 4.39 Å². The van der Waals surface area contributed by atoms with E-state index in [1.165, 1.54) is 6.07 Å². The van der Waals surface area contributed by atoms with Gasteiger partial charge in [0, 0.05) is 23.1 Å². The van der Waals surface area contributed by atoms with Gasteiger partial charge in [-0.05, 0) is 26.0 Å². The largest absolute Gasteiger partial charge is 0.370 e. The van der Waals surface area contributed by atoms with Crippen LogP contribution in [0.1, 0.15) is 39.1 Å². The summed E-state index contributed by atoms with van der Waals surface area (Å²) in [5, 5.41) is 3.24. The van der Waals surface area contributed by atoms with Gasteiger partial charge in [-0.15, -0.1) is 0 Å². The van der Waals surface area contributed by atoms with Crippen molar-refractivity contribution in [2.24, 2.45) is 0 Å². The molecule has 0 fully saturated rings. The van der Waals surface area contributed by atoms with Crippen molar-refractivity contribution in [3.63, 3.8) is 0 Å². The average molecular weight is 287 g/mol. The van der Waals surface area contributed by atoms with Gasteiger partial charge in [-0.2, -0.15) is 0 Å². The molecule has 0 radical (unpaired) electrons. The van der Waals surface area contributed by atoms with Gasteiger partial charge in [-0.25, -0.2) is 14.4 Å². The van der Waals surface area contributed by atoms with E-state index < -0.39 is 0 Å². The summed E-state index contributed by atoms with van der Waals surface area (Å²) in [6.07, 6.45) is 0. The molecule has 1 aromatic carbocycles. The number of aromatic nitrogens is 2. The number of anilines is 1. The molecule has 1 aromatic heterocycles. The molecule has 0 spiro atoms. The SMILES string of the molecule is CCNc1nc(C(C)(C)C)nc(-c2ccccc2F)c1C. The normalized spacial score (nSPS) is 11.5. The Morgan fingerprint density at radius 2 is 1.81 bits per heavy atom. The Balaban J connectivity index is 2.70. The van der Waals surface area contributed by atoms with Crippen molar-refractivity contribution in [2.45, 2.75) is 40.0 Å². The first-order chi connectivity index (χ1) is 9.84. The van der Waals surface area contributed by atoms with E-state index >= 15 is 0 Å². The molecule has 0 aliphatic heterocycles.